The predicted octanol–water partition coefficient (Wildman–Crippen LogP) is 0.794. The maximum absolute atomic E-state index is 11.8. The summed E-state index contributed by atoms with van der Waals surface area (Å²) in [7, 11) is 2.10. The van der Waals surface area contributed by atoms with E-state index in [0.717, 1.165) is 19.1 Å². The third kappa shape index (κ3) is 3.64. The molecule has 1 fully saturated rings. The summed E-state index contributed by atoms with van der Waals surface area (Å²) in [6.45, 7) is 4.30. The lowest BCUT2D eigenvalue weighted by Gasteiger charge is -2.15. The van der Waals surface area contributed by atoms with Gasteiger partial charge in [0, 0.05) is 25.7 Å². The lowest BCUT2D eigenvalue weighted by Crippen LogP contribution is -2.33. The van der Waals surface area contributed by atoms with Crippen molar-refractivity contribution in [3.05, 3.63) is 5.01 Å². The molecule has 18 heavy (non-hydrogen) atoms. The molecule has 7 heteroatoms. The van der Waals surface area contributed by atoms with E-state index in [2.05, 4.69) is 32.8 Å². The summed E-state index contributed by atoms with van der Waals surface area (Å²) < 4.78 is 0. The fourth-order valence-corrected chi connectivity index (χ4v) is 2.38. The predicted molar refractivity (Wildman–Crippen MR) is 72.1 cm³/mol. The van der Waals surface area contributed by atoms with Crippen molar-refractivity contribution in [2.45, 2.75) is 25.8 Å². The molecule has 1 aliphatic carbocycles. The van der Waals surface area contributed by atoms with Gasteiger partial charge in [-0.3, -0.25) is 4.79 Å². The Labute approximate surface area is 111 Å². The minimum atomic E-state index is -0.138. The van der Waals surface area contributed by atoms with Crippen LogP contribution in [-0.4, -0.2) is 53.7 Å². The Morgan fingerprint density at radius 1 is 1.50 bits per heavy atom. The van der Waals surface area contributed by atoms with Crippen LogP contribution in [0.4, 0.5) is 5.13 Å². The molecule has 1 aliphatic rings. The van der Waals surface area contributed by atoms with Crippen LogP contribution in [0, 0.1) is 0 Å². The van der Waals surface area contributed by atoms with Gasteiger partial charge in [-0.25, -0.2) is 0 Å². The molecule has 1 saturated carbocycles. The number of carbonyl (C=O) groups excluding carboxylic acids is 1. The van der Waals surface area contributed by atoms with Gasteiger partial charge >= 0.3 is 0 Å². The Balaban J connectivity index is 1.72. The summed E-state index contributed by atoms with van der Waals surface area (Å²) in [6, 6.07) is 0.726. The highest BCUT2D eigenvalue weighted by Gasteiger charge is 2.25. The van der Waals surface area contributed by atoms with E-state index in [-0.39, 0.29) is 5.91 Å². The molecule has 2 rings (SSSR count). The van der Waals surface area contributed by atoms with Gasteiger partial charge in [-0.2, -0.15) is 0 Å². The molecule has 1 aromatic rings. The maximum atomic E-state index is 11.8. The second kappa shape index (κ2) is 6.10. The number of aromatic nitrogens is 2. The van der Waals surface area contributed by atoms with Crippen LogP contribution in [0.25, 0.3) is 0 Å². The highest BCUT2D eigenvalue weighted by molar-refractivity contribution is 7.17. The second-order valence-electron chi connectivity index (χ2n) is 4.41. The van der Waals surface area contributed by atoms with Crippen molar-refractivity contribution in [1.29, 1.82) is 0 Å². The molecule has 0 bridgehead atoms. The highest BCUT2D eigenvalue weighted by Crippen LogP contribution is 2.24. The summed E-state index contributed by atoms with van der Waals surface area (Å²) in [4.78, 5) is 14.1. The quantitative estimate of drug-likeness (QED) is 0.766. The minimum Gasteiger partial charge on any atom is -0.360 e. The molecule has 0 unspecified atom stereocenters. The zero-order valence-electron chi connectivity index (χ0n) is 10.8. The van der Waals surface area contributed by atoms with Crippen molar-refractivity contribution in [1.82, 2.24) is 20.4 Å². The third-order valence-corrected chi connectivity index (χ3v) is 3.75. The van der Waals surface area contributed by atoms with Gasteiger partial charge in [0.1, 0.15) is 0 Å². The molecule has 6 nitrogen and oxygen atoms in total. The summed E-state index contributed by atoms with van der Waals surface area (Å²) in [6.07, 6.45) is 2.57. The number of likely N-dealkylation sites (N-methyl/N-ethyl adjacent to an activating group) is 1. The van der Waals surface area contributed by atoms with Crippen molar-refractivity contribution in [3.63, 3.8) is 0 Å². The van der Waals surface area contributed by atoms with Crippen LogP contribution in [0.5, 0.6) is 0 Å². The van der Waals surface area contributed by atoms with Gasteiger partial charge in [-0.1, -0.05) is 11.3 Å². The molecule has 1 heterocycles. The summed E-state index contributed by atoms with van der Waals surface area (Å²) >= 11 is 1.28. The van der Waals surface area contributed by atoms with Gasteiger partial charge < -0.3 is 15.5 Å². The Bertz CT molecular complexity index is 404. The number of hydrogen-bond donors (Lipinski definition) is 2. The molecule has 0 atom stereocenters. The average Bonchev–Trinajstić information content (AvgIpc) is 3.10. The van der Waals surface area contributed by atoms with Crippen molar-refractivity contribution >= 4 is 22.4 Å². The first-order valence-electron chi connectivity index (χ1n) is 6.26. The molecule has 0 spiro atoms. The number of rotatable bonds is 7. The number of amides is 1. The van der Waals surface area contributed by atoms with Gasteiger partial charge in [0.05, 0.1) is 0 Å². The van der Waals surface area contributed by atoms with E-state index >= 15 is 0 Å². The van der Waals surface area contributed by atoms with Crippen LogP contribution in [0.1, 0.15) is 29.6 Å². The minimum absolute atomic E-state index is 0.138. The highest BCUT2D eigenvalue weighted by atomic mass is 32.1. The molecule has 0 radical (unpaired) electrons. The van der Waals surface area contributed by atoms with Crippen LogP contribution in [-0.2, 0) is 0 Å². The zero-order chi connectivity index (χ0) is 13.0. The number of hydrogen-bond acceptors (Lipinski definition) is 6. The molecule has 1 aromatic heterocycles. The van der Waals surface area contributed by atoms with E-state index in [4.69, 9.17) is 0 Å². The van der Waals surface area contributed by atoms with E-state index in [1.165, 1.54) is 24.2 Å². The van der Waals surface area contributed by atoms with Gasteiger partial charge in [-0.05, 0) is 26.8 Å². The fourth-order valence-electron chi connectivity index (χ4n) is 1.66. The summed E-state index contributed by atoms with van der Waals surface area (Å²) in [5.74, 6) is -0.138. The largest absolute Gasteiger partial charge is 0.360 e. The Morgan fingerprint density at radius 3 is 2.94 bits per heavy atom. The molecule has 0 saturated heterocycles. The van der Waals surface area contributed by atoms with Crippen molar-refractivity contribution < 1.29 is 4.79 Å². The molecule has 2 N–H and O–H groups in total. The summed E-state index contributed by atoms with van der Waals surface area (Å²) in [5, 5.41) is 14.8. The zero-order valence-corrected chi connectivity index (χ0v) is 11.6. The second-order valence-corrected chi connectivity index (χ2v) is 5.39. The van der Waals surface area contributed by atoms with Crippen LogP contribution < -0.4 is 10.6 Å². The SMILES string of the molecule is CCNc1nnc(C(=O)NCCN(C)C2CC2)s1. The van der Waals surface area contributed by atoms with Gasteiger partial charge in [-0.15, -0.1) is 10.2 Å². The standard InChI is InChI=1S/C11H19N5OS/c1-3-12-11-15-14-10(18-11)9(17)13-6-7-16(2)8-4-5-8/h8H,3-7H2,1-2H3,(H,12,15)(H,13,17). The van der Waals surface area contributed by atoms with Crippen molar-refractivity contribution in [3.8, 4) is 0 Å². The van der Waals surface area contributed by atoms with E-state index in [1.54, 1.807) is 0 Å². The number of nitrogens with one attached hydrogen (secondary N) is 2. The first-order valence-corrected chi connectivity index (χ1v) is 7.08. The molecule has 100 valence electrons. The Kier molecular flexibility index (Phi) is 4.48. The Morgan fingerprint density at radius 2 is 2.28 bits per heavy atom. The van der Waals surface area contributed by atoms with E-state index in [1.807, 2.05) is 6.92 Å². The Hall–Kier alpha value is -1.21. The van der Waals surface area contributed by atoms with Crippen molar-refractivity contribution in [2.75, 3.05) is 32.0 Å². The molecule has 0 aromatic carbocycles. The lowest BCUT2D eigenvalue weighted by atomic mass is 10.5. The van der Waals surface area contributed by atoms with Crippen LogP contribution in [0.3, 0.4) is 0 Å². The smallest absolute Gasteiger partial charge is 0.282 e. The third-order valence-electron chi connectivity index (χ3n) is 2.87. The monoisotopic (exact) mass is 269 g/mol. The lowest BCUT2D eigenvalue weighted by molar-refractivity contribution is 0.0948. The molecule has 0 aliphatic heterocycles. The van der Waals surface area contributed by atoms with E-state index < -0.39 is 0 Å². The van der Waals surface area contributed by atoms with Crippen LogP contribution >= 0.6 is 11.3 Å². The average molecular weight is 269 g/mol. The first-order chi connectivity index (χ1) is 8.70. The van der Waals surface area contributed by atoms with Crippen LogP contribution in [0.15, 0.2) is 0 Å². The topological polar surface area (TPSA) is 70.1 Å². The van der Waals surface area contributed by atoms with Crippen LogP contribution in [0.2, 0.25) is 0 Å². The fraction of sp³-hybridized carbons (Fsp3) is 0.727. The van der Waals surface area contributed by atoms with Gasteiger partial charge in [0.2, 0.25) is 10.1 Å². The maximum Gasteiger partial charge on any atom is 0.282 e. The first kappa shape index (κ1) is 13.2. The van der Waals surface area contributed by atoms with Gasteiger partial charge in [0.15, 0.2) is 0 Å². The number of nitrogens with zero attached hydrogens (tertiary/aromatic N) is 3. The van der Waals surface area contributed by atoms with E-state index in [0.29, 0.717) is 16.7 Å². The molecular weight excluding hydrogens is 250 g/mol. The summed E-state index contributed by atoms with van der Waals surface area (Å²) in [5.41, 5.74) is 0. The normalized spacial score (nSPS) is 14.8. The van der Waals surface area contributed by atoms with E-state index in [9.17, 15) is 4.79 Å². The molecule has 1 amide bonds. The number of carbonyl (C=O) groups is 1. The van der Waals surface area contributed by atoms with Gasteiger partial charge in [0.25, 0.3) is 5.91 Å². The van der Waals surface area contributed by atoms with Crippen molar-refractivity contribution in [2.24, 2.45) is 0 Å². The molecular formula is C11H19N5OS. The number of anilines is 1.